The van der Waals surface area contributed by atoms with Gasteiger partial charge in [0, 0.05) is 6.20 Å². The first-order valence-corrected chi connectivity index (χ1v) is 4.83. The molecule has 0 aliphatic heterocycles. The van der Waals surface area contributed by atoms with E-state index in [9.17, 15) is 0 Å². The predicted molar refractivity (Wildman–Crippen MR) is 56.7 cm³/mol. The normalized spacial score (nSPS) is 9.64. The molecular weight excluding hydrogens is 194 g/mol. The van der Waals surface area contributed by atoms with Crippen LogP contribution in [0.25, 0.3) is 10.6 Å². The molecule has 0 spiro atoms. The molecule has 2 aromatic heterocycles. The van der Waals surface area contributed by atoms with Crippen molar-refractivity contribution in [2.75, 3.05) is 5.73 Å². The Morgan fingerprint density at radius 1 is 1.36 bits per heavy atom. The summed E-state index contributed by atoms with van der Waals surface area (Å²) in [5.41, 5.74) is 7.15. The maximum atomic E-state index is 8.68. The Kier molecular flexibility index (Phi) is 2.17. The Morgan fingerprint density at radius 2 is 2.21 bits per heavy atom. The van der Waals surface area contributed by atoms with Crippen molar-refractivity contribution >= 4 is 17.0 Å². The lowest BCUT2D eigenvalue weighted by atomic mass is 10.2. The van der Waals surface area contributed by atoms with Crippen LogP contribution in [-0.4, -0.2) is 4.98 Å². The molecule has 3 nitrogen and oxygen atoms in total. The van der Waals surface area contributed by atoms with E-state index in [1.165, 1.54) is 11.3 Å². The average molecular weight is 201 g/mol. The highest BCUT2D eigenvalue weighted by molar-refractivity contribution is 7.16. The topological polar surface area (TPSA) is 62.7 Å². The minimum Gasteiger partial charge on any atom is -0.397 e. The third kappa shape index (κ3) is 1.45. The highest BCUT2D eigenvalue weighted by Gasteiger charge is 2.06. The van der Waals surface area contributed by atoms with Crippen LogP contribution in [0, 0.1) is 11.3 Å². The van der Waals surface area contributed by atoms with E-state index in [-0.39, 0.29) is 0 Å². The molecule has 0 atom stereocenters. The van der Waals surface area contributed by atoms with Crippen LogP contribution >= 0.6 is 11.3 Å². The fourth-order valence-corrected chi connectivity index (χ4v) is 1.97. The van der Waals surface area contributed by atoms with Crippen molar-refractivity contribution in [1.82, 2.24) is 4.98 Å². The Bertz CT molecular complexity index is 496. The Morgan fingerprint density at radius 3 is 2.86 bits per heavy atom. The minimum atomic E-state index is 0.638. The van der Waals surface area contributed by atoms with E-state index in [1.807, 2.05) is 6.07 Å². The van der Waals surface area contributed by atoms with Gasteiger partial charge in [-0.05, 0) is 24.3 Å². The van der Waals surface area contributed by atoms with Gasteiger partial charge >= 0.3 is 0 Å². The molecule has 4 heteroatoms. The number of aromatic nitrogens is 1. The third-order valence-corrected chi connectivity index (χ3v) is 2.79. The van der Waals surface area contributed by atoms with E-state index >= 15 is 0 Å². The molecule has 0 unspecified atom stereocenters. The van der Waals surface area contributed by atoms with Crippen molar-refractivity contribution < 1.29 is 0 Å². The highest BCUT2D eigenvalue weighted by Crippen LogP contribution is 2.29. The number of nitrogens with zero attached hydrogens (tertiary/aromatic N) is 2. The number of pyridine rings is 1. The number of nitriles is 1. The van der Waals surface area contributed by atoms with Gasteiger partial charge in [-0.2, -0.15) is 5.26 Å². The van der Waals surface area contributed by atoms with Crippen LogP contribution < -0.4 is 5.73 Å². The highest BCUT2D eigenvalue weighted by atomic mass is 32.1. The third-order valence-electron chi connectivity index (χ3n) is 1.79. The second-order valence-electron chi connectivity index (χ2n) is 2.72. The van der Waals surface area contributed by atoms with Gasteiger partial charge in [0.05, 0.1) is 10.6 Å². The van der Waals surface area contributed by atoms with Crippen LogP contribution in [0.1, 0.15) is 4.88 Å². The summed E-state index contributed by atoms with van der Waals surface area (Å²) < 4.78 is 0. The van der Waals surface area contributed by atoms with Gasteiger partial charge in [0.1, 0.15) is 16.6 Å². The summed E-state index contributed by atoms with van der Waals surface area (Å²) in [6.07, 6.45) is 1.69. The maximum absolute atomic E-state index is 8.68. The fourth-order valence-electron chi connectivity index (χ4n) is 1.15. The van der Waals surface area contributed by atoms with E-state index in [2.05, 4.69) is 11.1 Å². The van der Waals surface area contributed by atoms with Crippen LogP contribution in [0.15, 0.2) is 30.5 Å². The SMILES string of the molecule is N#Cc1ccc(-c2ncccc2N)s1. The van der Waals surface area contributed by atoms with Crippen LogP contribution in [0.3, 0.4) is 0 Å². The first-order valence-electron chi connectivity index (χ1n) is 4.02. The number of nitrogen functional groups attached to an aromatic ring is 1. The van der Waals surface area contributed by atoms with Crippen molar-refractivity contribution in [3.8, 4) is 16.6 Å². The number of hydrogen-bond acceptors (Lipinski definition) is 4. The summed E-state index contributed by atoms with van der Waals surface area (Å²) in [6, 6.07) is 9.31. The maximum Gasteiger partial charge on any atom is 0.110 e. The number of thiophene rings is 1. The molecular formula is C10H7N3S. The molecule has 0 saturated heterocycles. The van der Waals surface area contributed by atoms with Gasteiger partial charge in [-0.25, -0.2) is 0 Å². The number of hydrogen-bond donors (Lipinski definition) is 1. The first kappa shape index (κ1) is 8.73. The molecule has 68 valence electrons. The predicted octanol–water partition coefficient (Wildman–Crippen LogP) is 2.26. The molecule has 0 amide bonds. The van der Waals surface area contributed by atoms with Gasteiger partial charge in [-0.3, -0.25) is 4.98 Å². The summed E-state index contributed by atoms with van der Waals surface area (Å²) in [4.78, 5) is 5.77. The van der Waals surface area contributed by atoms with Crippen LogP contribution in [-0.2, 0) is 0 Å². The molecule has 0 fully saturated rings. The van der Waals surface area contributed by atoms with Crippen molar-refractivity contribution in [3.63, 3.8) is 0 Å². The number of nitrogens with two attached hydrogens (primary N) is 1. The molecule has 14 heavy (non-hydrogen) atoms. The van der Waals surface area contributed by atoms with E-state index in [0.717, 1.165) is 10.6 Å². The molecule has 0 radical (unpaired) electrons. The largest absolute Gasteiger partial charge is 0.397 e. The number of anilines is 1. The van der Waals surface area contributed by atoms with E-state index in [1.54, 1.807) is 24.4 Å². The lowest BCUT2D eigenvalue weighted by Gasteiger charge is -1.99. The zero-order valence-corrected chi connectivity index (χ0v) is 8.08. The average Bonchev–Trinajstić information content (AvgIpc) is 2.67. The fraction of sp³-hybridized carbons (Fsp3) is 0. The molecule has 0 bridgehead atoms. The molecule has 0 aliphatic rings. The summed E-state index contributed by atoms with van der Waals surface area (Å²) in [5.74, 6) is 0. The molecule has 2 rings (SSSR count). The Hall–Kier alpha value is -1.86. The second kappa shape index (κ2) is 3.48. The molecule has 0 aromatic carbocycles. The monoisotopic (exact) mass is 201 g/mol. The zero-order valence-electron chi connectivity index (χ0n) is 7.27. The van der Waals surface area contributed by atoms with Crippen molar-refractivity contribution in [1.29, 1.82) is 5.26 Å². The summed E-state index contributed by atoms with van der Waals surface area (Å²) in [5, 5.41) is 8.68. The van der Waals surface area contributed by atoms with Gasteiger partial charge in [0.15, 0.2) is 0 Å². The minimum absolute atomic E-state index is 0.638. The smallest absolute Gasteiger partial charge is 0.110 e. The van der Waals surface area contributed by atoms with Gasteiger partial charge in [-0.1, -0.05) is 0 Å². The molecule has 2 heterocycles. The quantitative estimate of drug-likeness (QED) is 0.769. The van der Waals surface area contributed by atoms with E-state index in [4.69, 9.17) is 11.0 Å². The molecule has 2 aromatic rings. The van der Waals surface area contributed by atoms with Gasteiger partial charge in [0.25, 0.3) is 0 Å². The van der Waals surface area contributed by atoms with Crippen LogP contribution in [0.2, 0.25) is 0 Å². The first-order chi connectivity index (χ1) is 6.81. The van der Waals surface area contributed by atoms with Crippen LogP contribution in [0.5, 0.6) is 0 Å². The van der Waals surface area contributed by atoms with Gasteiger partial charge in [0.2, 0.25) is 0 Å². The van der Waals surface area contributed by atoms with Crippen LogP contribution in [0.4, 0.5) is 5.69 Å². The summed E-state index contributed by atoms with van der Waals surface area (Å²) in [6.45, 7) is 0. The lowest BCUT2D eigenvalue weighted by molar-refractivity contribution is 1.34. The molecule has 0 saturated carbocycles. The number of rotatable bonds is 1. The van der Waals surface area contributed by atoms with Gasteiger partial charge in [-0.15, -0.1) is 11.3 Å². The summed E-state index contributed by atoms with van der Waals surface area (Å²) >= 11 is 1.40. The van der Waals surface area contributed by atoms with Crippen molar-refractivity contribution in [2.24, 2.45) is 0 Å². The Balaban J connectivity index is 2.51. The lowest BCUT2D eigenvalue weighted by Crippen LogP contribution is -1.90. The van der Waals surface area contributed by atoms with E-state index < -0.39 is 0 Å². The van der Waals surface area contributed by atoms with E-state index in [0.29, 0.717) is 10.6 Å². The Labute approximate surface area is 85.4 Å². The summed E-state index contributed by atoms with van der Waals surface area (Å²) in [7, 11) is 0. The van der Waals surface area contributed by atoms with Gasteiger partial charge < -0.3 is 5.73 Å². The van der Waals surface area contributed by atoms with Crippen molar-refractivity contribution in [3.05, 3.63) is 35.3 Å². The zero-order chi connectivity index (χ0) is 9.97. The molecule has 2 N–H and O–H groups in total. The second-order valence-corrected chi connectivity index (χ2v) is 3.80. The van der Waals surface area contributed by atoms with Crippen molar-refractivity contribution in [2.45, 2.75) is 0 Å². The molecule has 0 aliphatic carbocycles. The standard InChI is InChI=1S/C10H7N3S/c11-6-7-3-4-9(14-7)10-8(12)2-1-5-13-10/h1-5H,12H2.